The lowest BCUT2D eigenvalue weighted by atomic mass is 10.1. The van der Waals surface area contributed by atoms with Crippen molar-refractivity contribution in [3.63, 3.8) is 0 Å². The van der Waals surface area contributed by atoms with Gasteiger partial charge in [0.15, 0.2) is 0 Å². The number of pyridine rings is 1. The smallest absolute Gasteiger partial charge is 0.126 e. The highest BCUT2D eigenvalue weighted by atomic mass is 15.1. The monoisotopic (exact) mass is 317 g/mol. The Kier molecular flexibility index (Phi) is 3.51. The molecule has 0 spiro atoms. The summed E-state index contributed by atoms with van der Waals surface area (Å²) in [7, 11) is 0. The van der Waals surface area contributed by atoms with E-state index in [2.05, 4.69) is 30.5 Å². The SMILES string of the molecule is Nc1cc(NCc2cncnc2)c2ccc(-c3ccn[nH]3)cc2n1. The van der Waals surface area contributed by atoms with Crippen molar-refractivity contribution in [1.29, 1.82) is 0 Å². The van der Waals surface area contributed by atoms with Crippen LogP contribution in [0.1, 0.15) is 5.56 Å². The number of H-pyrrole nitrogens is 1. The number of hydrogen-bond acceptors (Lipinski definition) is 6. The first-order valence-electron chi connectivity index (χ1n) is 7.47. The third kappa shape index (κ3) is 2.74. The molecule has 4 N–H and O–H groups in total. The van der Waals surface area contributed by atoms with Crippen LogP contribution in [0.5, 0.6) is 0 Å². The van der Waals surface area contributed by atoms with Crippen LogP contribution < -0.4 is 11.1 Å². The van der Waals surface area contributed by atoms with Crippen molar-refractivity contribution in [2.45, 2.75) is 6.54 Å². The molecule has 0 atom stereocenters. The van der Waals surface area contributed by atoms with Gasteiger partial charge in [-0.25, -0.2) is 15.0 Å². The van der Waals surface area contributed by atoms with Gasteiger partial charge in [0.2, 0.25) is 0 Å². The second-order valence-electron chi connectivity index (χ2n) is 5.40. The fourth-order valence-corrected chi connectivity index (χ4v) is 2.60. The van der Waals surface area contributed by atoms with Gasteiger partial charge in [-0.05, 0) is 12.1 Å². The van der Waals surface area contributed by atoms with Gasteiger partial charge >= 0.3 is 0 Å². The Hall–Kier alpha value is -3.48. The molecule has 0 saturated heterocycles. The molecule has 118 valence electrons. The molecule has 0 bridgehead atoms. The molecular formula is C17H15N7. The van der Waals surface area contributed by atoms with Crippen molar-refractivity contribution in [1.82, 2.24) is 25.1 Å². The van der Waals surface area contributed by atoms with Crippen LogP contribution >= 0.6 is 0 Å². The van der Waals surface area contributed by atoms with Crippen LogP contribution in [-0.2, 0) is 6.54 Å². The lowest BCUT2D eigenvalue weighted by molar-refractivity contribution is 1.05. The highest BCUT2D eigenvalue weighted by molar-refractivity contribution is 5.95. The van der Waals surface area contributed by atoms with Crippen molar-refractivity contribution in [2.24, 2.45) is 0 Å². The average Bonchev–Trinajstić information content (AvgIpc) is 3.14. The number of nitrogens with zero attached hydrogens (tertiary/aromatic N) is 4. The maximum atomic E-state index is 5.97. The maximum Gasteiger partial charge on any atom is 0.126 e. The normalized spacial score (nSPS) is 10.8. The number of aromatic amines is 1. The molecule has 0 radical (unpaired) electrons. The number of rotatable bonds is 4. The van der Waals surface area contributed by atoms with Gasteiger partial charge in [0.05, 0.1) is 11.2 Å². The van der Waals surface area contributed by atoms with E-state index in [1.165, 1.54) is 6.33 Å². The van der Waals surface area contributed by atoms with Gasteiger partial charge in [-0.3, -0.25) is 5.10 Å². The minimum atomic E-state index is 0.469. The minimum absolute atomic E-state index is 0.469. The zero-order valence-corrected chi connectivity index (χ0v) is 12.8. The third-order valence-corrected chi connectivity index (χ3v) is 3.74. The van der Waals surface area contributed by atoms with Gasteiger partial charge in [0.1, 0.15) is 12.1 Å². The van der Waals surface area contributed by atoms with Crippen LogP contribution in [0.2, 0.25) is 0 Å². The Bertz CT molecular complexity index is 965. The van der Waals surface area contributed by atoms with Crippen molar-refractivity contribution in [3.05, 3.63) is 60.8 Å². The van der Waals surface area contributed by atoms with E-state index in [-0.39, 0.29) is 0 Å². The quantitative estimate of drug-likeness (QED) is 0.534. The Morgan fingerprint density at radius 2 is 1.96 bits per heavy atom. The van der Waals surface area contributed by atoms with Crippen LogP contribution in [-0.4, -0.2) is 25.1 Å². The van der Waals surface area contributed by atoms with Crippen LogP contribution in [0.3, 0.4) is 0 Å². The predicted octanol–water partition coefficient (Wildman–Crippen LogP) is 2.61. The summed E-state index contributed by atoms with van der Waals surface area (Å²) < 4.78 is 0. The summed E-state index contributed by atoms with van der Waals surface area (Å²) in [6, 6.07) is 9.81. The van der Waals surface area contributed by atoms with E-state index in [4.69, 9.17) is 5.73 Å². The number of benzene rings is 1. The molecule has 3 heterocycles. The molecule has 4 rings (SSSR count). The fraction of sp³-hybridized carbons (Fsp3) is 0.0588. The summed E-state index contributed by atoms with van der Waals surface area (Å²) in [5, 5.41) is 11.3. The summed E-state index contributed by atoms with van der Waals surface area (Å²) in [5.41, 5.74) is 10.7. The molecule has 0 aliphatic rings. The van der Waals surface area contributed by atoms with Gasteiger partial charge in [-0.15, -0.1) is 0 Å². The summed E-state index contributed by atoms with van der Waals surface area (Å²) in [5.74, 6) is 0.469. The number of nitrogens with one attached hydrogen (secondary N) is 2. The van der Waals surface area contributed by atoms with Gasteiger partial charge in [0, 0.05) is 53.4 Å². The Balaban J connectivity index is 1.70. The Labute approximate surface area is 138 Å². The molecule has 0 amide bonds. The first-order chi connectivity index (χ1) is 11.8. The lowest BCUT2D eigenvalue weighted by Crippen LogP contribution is -2.03. The summed E-state index contributed by atoms with van der Waals surface area (Å²) in [6.07, 6.45) is 6.80. The maximum absolute atomic E-state index is 5.97. The van der Waals surface area contributed by atoms with E-state index in [9.17, 15) is 0 Å². The lowest BCUT2D eigenvalue weighted by Gasteiger charge is -2.11. The van der Waals surface area contributed by atoms with Gasteiger partial charge in [-0.2, -0.15) is 5.10 Å². The molecule has 1 aromatic carbocycles. The van der Waals surface area contributed by atoms with Crippen LogP contribution in [0.4, 0.5) is 11.5 Å². The van der Waals surface area contributed by atoms with E-state index in [1.54, 1.807) is 18.6 Å². The van der Waals surface area contributed by atoms with Crippen molar-refractivity contribution in [2.75, 3.05) is 11.1 Å². The highest BCUT2D eigenvalue weighted by Gasteiger charge is 2.07. The topological polar surface area (TPSA) is 105 Å². The first-order valence-corrected chi connectivity index (χ1v) is 7.47. The molecule has 0 fully saturated rings. The number of nitrogens with two attached hydrogens (primary N) is 1. The summed E-state index contributed by atoms with van der Waals surface area (Å²) in [6.45, 7) is 0.613. The first kappa shape index (κ1) is 14.1. The molecule has 3 aromatic heterocycles. The number of hydrogen-bond donors (Lipinski definition) is 3. The van der Waals surface area contributed by atoms with E-state index >= 15 is 0 Å². The molecule has 24 heavy (non-hydrogen) atoms. The molecule has 0 aliphatic carbocycles. The second-order valence-corrected chi connectivity index (χ2v) is 5.40. The molecule has 7 heteroatoms. The molecule has 7 nitrogen and oxygen atoms in total. The second kappa shape index (κ2) is 5.96. The molecular weight excluding hydrogens is 302 g/mol. The Morgan fingerprint density at radius 3 is 2.75 bits per heavy atom. The number of aromatic nitrogens is 5. The van der Waals surface area contributed by atoms with Gasteiger partial charge < -0.3 is 11.1 Å². The van der Waals surface area contributed by atoms with E-state index in [1.807, 2.05) is 30.3 Å². The Morgan fingerprint density at radius 1 is 1.08 bits per heavy atom. The minimum Gasteiger partial charge on any atom is -0.384 e. The number of nitrogen functional groups attached to an aromatic ring is 1. The fourth-order valence-electron chi connectivity index (χ4n) is 2.60. The van der Waals surface area contributed by atoms with Crippen LogP contribution in [0.25, 0.3) is 22.2 Å². The third-order valence-electron chi connectivity index (χ3n) is 3.74. The zero-order valence-electron chi connectivity index (χ0n) is 12.8. The number of anilines is 2. The highest BCUT2D eigenvalue weighted by Crippen LogP contribution is 2.28. The molecule has 0 unspecified atom stereocenters. The van der Waals surface area contributed by atoms with Gasteiger partial charge in [0.25, 0.3) is 0 Å². The van der Waals surface area contributed by atoms with Crippen LogP contribution in [0.15, 0.2) is 55.2 Å². The van der Waals surface area contributed by atoms with Crippen molar-refractivity contribution in [3.8, 4) is 11.3 Å². The van der Waals surface area contributed by atoms with E-state index in [0.29, 0.717) is 12.4 Å². The standard InChI is InChI=1S/C17H15N7/c18-17-6-15(21-9-11-7-19-10-20-8-11)13-2-1-12(5-16(13)23-17)14-3-4-22-24-14/h1-8,10H,9H2,(H,22,24)(H3,18,21,23). The van der Waals surface area contributed by atoms with Crippen molar-refractivity contribution < 1.29 is 0 Å². The number of fused-ring (bicyclic) bond motifs is 1. The molecule has 4 aromatic rings. The van der Waals surface area contributed by atoms with Crippen LogP contribution in [0, 0.1) is 0 Å². The largest absolute Gasteiger partial charge is 0.384 e. The summed E-state index contributed by atoms with van der Waals surface area (Å²) >= 11 is 0. The van der Waals surface area contributed by atoms with E-state index < -0.39 is 0 Å². The van der Waals surface area contributed by atoms with Gasteiger partial charge in [-0.1, -0.05) is 12.1 Å². The molecule has 0 saturated carbocycles. The predicted molar refractivity (Wildman–Crippen MR) is 93.1 cm³/mol. The van der Waals surface area contributed by atoms with E-state index in [0.717, 1.165) is 33.4 Å². The molecule has 0 aliphatic heterocycles. The average molecular weight is 317 g/mol. The zero-order chi connectivity index (χ0) is 16.4. The van der Waals surface area contributed by atoms with Crippen molar-refractivity contribution >= 4 is 22.4 Å². The summed E-state index contributed by atoms with van der Waals surface area (Å²) in [4.78, 5) is 12.5.